The molecule has 0 saturated heterocycles. The molecule has 0 bridgehead atoms. The third-order valence-electron chi connectivity index (χ3n) is 2.63. The van der Waals surface area contributed by atoms with E-state index in [4.69, 9.17) is 5.73 Å². The molecule has 2 N–H and O–H groups in total. The number of nitrogens with zero attached hydrogens (tertiary/aromatic N) is 1. The first-order chi connectivity index (χ1) is 10.1. The molecule has 1 aromatic heterocycles. The van der Waals surface area contributed by atoms with E-state index < -0.39 is 35.2 Å². The number of ether oxygens (including phenoxy) is 1. The van der Waals surface area contributed by atoms with Gasteiger partial charge in [-0.2, -0.15) is 13.2 Å². The van der Waals surface area contributed by atoms with E-state index in [2.05, 4.69) is 9.72 Å². The van der Waals surface area contributed by atoms with Crippen LogP contribution in [0.5, 0.6) is 5.75 Å². The van der Waals surface area contributed by atoms with E-state index in [1.807, 2.05) is 0 Å². The highest BCUT2D eigenvalue weighted by molar-refractivity contribution is 5.74. The van der Waals surface area contributed by atoms with Gasteiger partial charge in [0.25, 0.3) is 0 Å². The minimum absolute atomic E-state index is 0.389. The molecule has 0 amide bonds. The maximum Gasteiger partial charge on any atom is 0.573 e. The van der Waals surface area contributed by atoms with Gasteiger partial charge in [-0.3, -0.25) is 0 Å². The summed E-state index contributed by atoms with van der Waals surface area (Å²) in [5.74, 6) is -1.16. The zero-order valence-corrected chi connectivity index (χ0v) is 10.7. The summed E-state index contributed by atoms with van der Waals surface area (Å²) < 4.78 is 79.9. The summed E-state index contributed by atoms with van der Waals surface area (Å²) in [7, 11) is 0. The molecule has 3 nitrogen and oxygen atoms in total. The highest BCUT2D eigenvalue weighted by Crippen LogP contribution is 2.41. The summed E-state index contributed by atoms with van der Waals surface area (Å²) in [6, 6.07) is 5.04. The molecule has 0 aliphatic carbocycles. The van der Waals surface area contributed by atoms with Gasteiger partial charge < -0.3 is 10.5 Å². The van der Waals surface area contributed by atoms with Crippen molar-refractivity contribution in [2.45, 2.75) is 12.5 Å². The second-order valence-corrected chi connectivity index (χ2v) is 4.20. The average molecular weight is 322 g/mol. The minimum Gasteiger partial charge on any atom is -0.405 e. The summed E-state index contributed by atoms with van der Waals surface area (Å²) >= 11 is 0. The fourth-order valence-electron chi connectivity index (χ4n) is 1.82. The SMILES string of the molecule is Nc1cc(C(F)(F)F)c(-c2ccccc2OC(F)(F)F)cn1. The Labute approximate surface area is 120 Å². The maximum atomic E-state index is 13.0. The molecule has 0 fully saturated rings. The van der Waals surface area contributed by atoms with E-state index in [1.165, 1.54) is 12.1 Å². The van der Waals surface area contributed by atoms with Crippen LogP contribution in [0.3, 0.4) is 0 Å². The molecule has 0 radical (unpaired) electrons. The van der Waals surface area contributed by atoms with Gasteiger partial charge in [-0.1, -0.05) is 18.2 Å². The Morgan fingerprint density at radius 2 is 1.59 bits per heavy atom. The van der Waals surface area contributed by atoms with Gasteiger partial charge in [0.15, 0.2) is 0 Å². The first-order valence-electron chi connectivity index (χ1n) is 5.76. The molecule has 0 aliphatic rings. The van der Waals surface area contributed by atoms with E-state index in [1.54, 1.807) is 0 Å². The summed E-state index contributed by atoms with van der Waals surface area (Å²) in [4.78, 5) is 3.51. The van der Waals surface area contributed by atoms with Gasteiger partial charge in [0.2, 0.25) is 0 Å². The number of anilines is 1. The zero-order chi connectivity index (χ0) is 16.5. The average Bonchev–Trinajstić information content (AvgIpc) is 2.37. The van der Waals surface area contributed by atoms with Gasteiger partial charge in [-0.05, 0) is 12.1 Å². The minimum atomic E-state index is -5.03. The van der Waals surface area contributed by atoms with Crippen LogP contribution in [0, 0.1) is 0 Å². The first kappa shape index (κ1) is 15.9. The van der Waals surface area contributed by atoms with Crippen molar-refractivity contribution in [2.24, 2.45) is 0 Å². The number of alkyl halides is 6. The van der Waals surface area contributed by atoms with Crippen molar-refractivity contribution in [1.82, 2.24) is 4.98 Å². The van der Waals surface area contributed by atoms with Crippen LogP contribution in [-0.4, -0.2) is 11.3 Å². The fourth-order valence-corrected chi connectivity index (χ4v) is 1.82. The van der Waals surface area contributed by atoms with Crippen LogP contribution in [0.2, 0.25) is 0 Å². The van der Waals surface area contributed by atoms with Gasteiger partial charge in [0.05, 0.1) is 5.56 Å². The second-order valence-electron chi connectivity index (χ2n) is 4.20. The number of hydrogen-bond donors (Lipinski definition) is 1. The lowest BCUT2D eigenvalue weighted by Gasteiger charge is -2.17. The number of nitrogens with two attached hydrogens (primary N) is 1. The van der Waals surface area contributed by atoms with E-state index >= 15 is 0 Å². The lowest BCUT2D eigenvalue weighted by molar-refractivity contribution is -0.274. The van der Waals surface area contributed by atoms with Gasteiger partial charge >= 0.3 is 12.5 Å². The Bertz CT molecular complexity index is 681. The number of nitrogen functional groups attached to an aromatic ring is 1. The highest BCUT2D eigenvalue weighted by Gasteiger charge is 2.36. The molecule has 0 aliphatic heterocycles. The molecule has 22 heavy (non-hydrogen) atoms. The lowest BCUT2D eigenvalue weighted by atomic mass is 10.0. The number of halogens is 6. The van der Waals surface area contributed by atoms with Crippen molar-refractivity contribution < 1.29 is 31.1 Å². The van der Waals surface area contributed by atoms with Gasteiger partial charge in [-0.15, -0.1) is 13.2 Å². The Hall–Kier alpha value is -2.45. The van der Waals surface area contributed by atoms with Crippen molar-refractivity contribution in [3.8, 4) is 16.9 Å². The summed E-state index contributed by atoms with van der Waals surface area (Å²) in [6.45, 7) is 0. The normalized spacial score (nSPS) is 12.3. The van der Waals surface area contributed by atoms with Gasteiger partial charge in [-0.25, -0.2) is 4.98 Å². The fraction of sp³-hybridized carbons (Fsp3) is 0.154. The van der Waals surface area contributed by atoms with Crippen LogP contribution in [-0.2, 0) is 6.18 Å². The maximum absolute atomic E-state index is 13.0. The van der Waals surface area contributed by atoms with Crippen molar-refractivity contribution in [3.63, 3.8) is 0 Å². The molecule has 2 aromatic rings. The van der Waals surface area contributed by atoms with Gasteiger partial charge in [0, 0.05) is 17.3 Å². The molecule has 0 unspecified atom stereocenters. The van der Waals surface area contributed by atoms with Crippen LogP contribution >= 0.6 is 0 Å². The Morgan fingerprint density at radius 1 is 0.955 bits per heavy atom. The van der Waals surface area contributed by atoms with Crippen LogP contribution in [0.25, 0.3) is 11.1 Å². The molecule has 0 spiro atoms. The monoisotopic (exact) mass is 322 g/mol. The molecule has 9 heteroatoms. The lowest BCUT2D eigenvalue weighted by Crippen LogP contribution is -2.18. The van der Waals surface area contributed by atoms with Crippen LogP contribution in [0.1, 0.15) is 5.56 Å². The number of rotatable bonds is 2. The second kappa shape index (κ2) is 5.39. The Balaban J connectivity index is 2.63. The first-order valence-corrected chi connectivity index (χ1v) is 5.76. The number of para-hydroxylation sites is 1. The van der Waals surface area contributed by atoms with E-state index in [-0.39, 0.29) is 5.56 Å². The topological polar surface area (TPSA) is 48.1 Å². The Morgan fingerprint density at radius 3 is 2.18 bits per heavy atom. The van der Waals surface area contributed by atoms with Crippen molar-refractivity contribution in [1.29, 1.82) is 0 Å². The summed E-state index contributed by atoms with van der Waals surface area (Å²) in [5, 5.41) is 0. The largest absolute Gasteiger partial charge is 0.573 e. The predicted octanol–water partition coefficient (Wildman–Crippen LogP) is 4.25. The standard InChI is InChI=1S/C13H8F6N2O/c14-12(15,16)9-5-11(20)21-6-8(9)7-3-1-2-4-10(7)22-13(17,18)19/h1-6H,(H2,20,21). The zero-order valence-electron chi connectivity index (χ0n) is 10.7. The van der Waals surface area contributed by atoms with Crippen LogP contribution in [0.4, 0.5) is 32.2 Å². The third-order valence-corrected chi connectivity index (χ3v) is 2.63. The molecule has 0 saturated carbocycles. The molecule has 1 aromatic carbocycles. The molecular formula is C13H8F6N2O. The van der Waals surface area contributed by atoms with E-state index in [0.717, 1.165) is 18.3 Å². The molecule has 1 heterocycles. The van der Waals surface area contributed by atoms with Crippen molar-refractivity contribution >= 4 is 5.82 Å². The van der Waals surface area contributed by atoms with Gasteiger partial charge in [0.1, 0.15) is 11.6 Å². The number of benzene rings is 1. The van der Waals surface area contributed by atoms with E-state index in [9.17, 15) is 26.3 Å². The number of hydrogen-bond acceptors (Lipinski definition) is 3. The Kier molecular flexibility index (Phi) is 3.90. The quantitative estimate of drug-likeness (QED) is 0.841. The van der Waals surface area contributed by atoms with Crippen molar-refractivity contribution in [2.75, 3.05) is 5.73 Å². The third kappa shape index (κ3) is 3.60. The molecular weight excluding hydrogens is 314 g/mol. The van der Waals surface area contributed by atoms with E-state index in [0.29, 0.717) is 6.07 Å². The van der Waals surface area contributed by atoms with Crippen LogP contribution < -0.4 is 10.5 Å². The van der Waals surface area contributed by atoms with Crippen molar-refractivity contribution in [3.05, 3.63) is 42.1 Å². The smallest absolute Gasteiger partial charge is 0.405 e. The van der Waals surface area contributed by atoms with Crippen LogP contribution in [0.15, 0.2) is 36.5 Å². The molecule has 118 valence electrons. The molecule has 0 atom stereocenters. The highest BCUT2D eigenvalue weighted by atomic mass is 19.4. The summed E-state index contributed by atoms with van der Waals surface area (Å²) in [5.41, 5.74) is 3.08. The number of pyridine rings is 1. The predicted molar refractivity (Wildman–Crippen MR) is 65.8 cm³/mol. The number of aromatic nitrogens is 1. The summed E-state index contributed by atoms with van der Waals surface area (Å²) in [6.07, 6.45) is -9.08. The molecule has 2 rings (SSSR count).